The Morgan fingerprint density at radius 1 is 1.46 bits per heavy atom. The quantitative estimate of drug-likeness (QED) is 0.462. The molecule has 0 aliphatic rings. The summed E-state index contributed by atoms with van der Waals surface area (Å²) in [4.78, 5) is 0. The largest absolute Gasteiger partial charge is 0.395 e. The van der Waals surface area contributed by atoms with Crippen molar-refractivity contribution >= 4 is 30.3 Å². The lowest BCUT2D eigenvalue weighted by Gasteiger charge is -2.09. The summed E-state index contributed by atoms with van der Waals surface area (Å²) in [7, 11) is 1.49. The minimum Gasteiger partial charge on any atom is -0.395 e. The molecule has 1 unspecified atom stereocenters. The van der Waals surface area contributed by atoms with Gasteiger partial charge in [0, 0.05) is 27.2 Å². The third kappa shape index (κ3) is 19.2. The van der Waals surface area contributed by atoms with Gasteiger partial charge in [0.25, 0.3) is 0 Å². The van der Waals surface area contributed by atoms with Gasteiger partial charge >= 0.3 is 0 Å². The van der Waals surface area contributed by atoms with Gasteiger partial charge in [-0.05, 0) is 15.5 Å². The van der Waals surface area contributed by atoms with Crippen LogP contribution in [0.5, 0.6) is 0 Å². The zero-order valence-corrected chi connectivity index (χ0v) is 12.0. The summed E-state index contributed by atoms with van der Waals surface area (Å²) in [5.74, 6) is 0. The molecule has 0 bridgehead atoms. The molecule has 0 aromatic carbocycles. The Morgan fingerprint density at radius 3 is 2.15 bits per heavy atom. The molecule has 0 spiro atoms. The summed E-state index contributed by atoms with van der Waals surface area (Å²) in [6.45, 7) is 11.7. The molecule has 0 aromatic heterocycles. The van der Waals surface area contributed by atoms with Crippen LogP contribution in [0.2, 0.25) is 0 Å². The fourth-order valence-corrected chi connectivity index (χ4v) is 1.80. The molecule has 0 radical (unpaired) electrons. The second-order valence-corrected chi connectivity index (χ2v) is 3.31. The van der Waals surface area contributed by atoms with Crippen molar-refractivity contribution in [3.63, 3.8) is 0 Å². The number of nitrogens with one attached hydrogen (secondary N) is 1. The number of aliphatic hydroxyl groups excluding tert-OH is 1. The van der Waals surface area contributed by atoms with E-state index < -0.39 is 0 Å². The highest BCUT2D eigenvalue weighted by Gasteiger charge is 2.01. The maximum atomic E-state index is 8.66. The normalized spacial score (nSPS) is 10.0. The molecule has 0 aromatic rings. The lowest BCUT2D eigenvalue weighted by molar-refractivity contribution is 0.260. The second-order valence-electron chi connectivity index (χ2n) is 1.60. The summed E-state index contributed by atoms with van der Waals surface area (Å²) in [5, 5.41) is 8.66. The zero-order valence-electron chi connectivity index (χ0n) is 9.01. The lowest BCUT2D eigenvalue weighted by atomic mass is 10.2. The highest BCUT2D eigenvalue weighted by Crippen LogP contribution is 2.07. The topological polar surface area (TPSA) is 32.3 Å². The van der Waals surface area contributed by atoms with E-state index in [0.29, 0.717) is 0 Å². The third-order valence-electron chi connectivity index (χ3n) is 0.883. The van der Waals surface area contributed by atoms with Gasteiger partial charge in [-0.3, -0.25) is 0 Å². The van der Waals surface area contributed by atoms with Crippen LogP contribution in [0.1, 0.15) is 34.1 Å². The minimum absolute atomic E-state index is 0.157. The molecule has 82 valence electrons. The Labute approximate surface area is 99.3 Å². The van der Waals surface area contributed by atoms with E-state index in [2.05, 4.69) is 32.5 Å². The maximum absolute atomic E-state index is 8.66. The average Bonchev–Trinajstić information content (AvgIpc) is 2.23. The van der Waals surface area contributed by atoms with Gasteiger partial charge in [-0.15, -0.1) is 6.58 Å². The van der Waals surface area contributed by atoms with Crippen LogP contribution in [0.15, 0.2) is 12.7 Å². The standard InChI is InChI=1S/C5H10INOS.2C2H6/c1-2-3-5(4-8)7-9-6;2*1-2/h2,5,7-8H,1,3-4H2;2*1-2H3. The van der Waals surface area contributed by atoms with E-state index in [1.807, 2.05) is 27.7 Å². The average molecular weight is 319 g/mol. The van der Waals surface area contributed by atoms with Crippen molar-refractivity contribution < 1.29 is 5.11 Å². The van der Waals surface area contributed by atoms with Crippen molar-refractivity contribution in [1.29, 1.82) is 0 Å². The van der Waals surface area contributed by atoms with Crippen molar-refractivity contribution in [2.75, 3.05) is 6.61 Å². The molecular formula is C9H22INOS. The predicted octanol–water partition coefficient (Wildman–Crippen LogP) is 3.56. The van der Waals surface area contributed by atoms with Crippen molar-refractivity contribution in [2.24, 2.45) is 0 Å². The van der Waals surface area contributed by atoms with Crippen LogP contribution in [0.25, 0.3) is 0 Å². The summed E-state index contributed by atoms with van der Waals surface area (Å²) < 4.78 is 3.02. The Bertz CT molecular complexity index is 84.0. The van der Waals surface area contributed by atoms with Crippen LogP contribution in [0, 0.1) is 0 Å². The van der Waals surface area contributed by atoms with Gasteiger partial charge in [-0.1, -0.05) is 33.8 Å². The SMILES string of the molecule is C=CCC(CO)NSI.CC.CC. The van der Waals surface area contributed by atoms with Gasteiger partial charge in [0.05, 0.1) is 6.61 Å². The first-order chi connectivity index (χ1) is 6.35. The van der Waals surface area contributed by atoms with E-state index in [4.69, 9.17) is 5.11 Å². The smallest absolute Gasteiger partial charge is 0.0596 e. The van der Waals surface area contributed by atoms with Crippen molar-refractivity contribution in [2.45, 2.75) is 40.2 Å². The fourth-order valence-electron chi connectivity index (χ4n) is 0.424. The number of hydrogen-bond acceptors (Lipinski definition) is 3. The van der Waals surface area contributed by atoms with E-state index in [1.165, 1.54) is 9.12 Å². The van der Waals surface area contributed by atoms with Gasteiger partial charge in [-0.2, -0.15) is 0 Å². The predicted molar refractivity (Wildman–Crippen MR) is 73.1 cm³/mol. The molecule has 0 heterocycles. The molecule has 0 amide bonds. The highest BCUT2D eigenvalue weighted by atomic mass is 127. The van der Waals surface area contributed by atoms with Crippen LogP contribution in [0.4, 0.5) is 0 Å². The molecule has 0 fully saturated rings. The van der Waals surface area contributed by atoms with Crippen LogP contribution >= 0.6 is 30.3 Å². The Kier molecular flexibility index (Phi) is 34.2. The molecule has 0 aliphatic carbocycles. The fraction of sp³-hybridized carbons (Fsp3) is 0.778. The Balaban J connectivity index is -0.000000218. The third-order valence-corrected chi connectivity index (χ3v) is 2.07. The maximum Gasteiger partial charge on any atom is 0.0596 e. The van der Waals surface area contributed by atoms with Gasteiger partial charge in [0.1, 0.15) is 0 Å². The van der Waals surface area contributed by atoms with Crippen LogP contribution in [-0.2, 0) is 0 Å². The van der Waals surface area contributed by atoms with E-state index >= 15 is 0 Å². The highest BCUT2D eigenvalue weighted by molar-refractivity contribution is 14.2. The summed E-state index contributed by atoms with van der Waals surface area (Å²) in [6, 6.07) is 0.157. The molecular weight excluding hydrogens is 297 g/mol. The van der Waals surface area contributed by atoms with Crippen molar-refractivity contribution in [1.82, 2.24) is 4.72 Å². The Morgan fingerprint density at radius 2 is 1.92 bits per heavy atom. The van der Waals surface area contributed by atoms with Crippen LogP contribution in [-0.4, -0.2) is 17.8 Å². The van der Waals surface area contributed by atoms with Crippen molar-refractivity contribution in [3.8, 4) is 0 Å². The van der Waals surface area contributed by atoms with Gasteiger partial charge in [0.15, 0.2) is 0 Å². The Hall–Kier alpha value is 0.740. The van der Waals surface area contributed by atoms with E-state index in [-0.39, 0.29) is 12.6 Å². The molecule has 1 atom stereocenters. The summed E-state index contributed by atoms with van der Waals surface area (Å²) in [6.07, 6.45) is 2.60. The molecule has 0 rings (SSSR count). The zero-order chi connectivity index (χ0) is 11.1. The van der Waals surface area contributed by atoms with Gasteiger partial charge in [-0.25, -0.2) is 4.72 Å². The lowest BCUT2D eigenvalue weighted by Crippen LogP contribution is -2.25. The molecule has 2 N–H and O–H groups in total. The molecule has 13 heavy (non-hydrogen) atoms. The summed E-state index contributed by atoms with van der Waals surface area (Å²) >= 11 is 2.13. The first kappa shape index (κ1) is 19.3. The minimum atomic E-state index is 0.157. The second kappa shape index (κ2) is 23.0. The van der Waals surface area contributed by atoms with Crippen molar-refractivity contribution in [3.05, 3.63) is 12.7 Å². The number of halogens is 1. The van der Waals surface area contributed by atoms with Gasteiger partial charge < -0.3 is 5.11 Å². The number of rotatable bonds is 5. The van der Waals surface area contributed by atoms with Gasteiger partial charge in [0.2, 0.25) is 0 Å². The van der Waals surface area contributed by atoms with Crippen LogP contribution in [0.3, 0.4) is 0 Å². The molecule has 0 aliphatic heterocycles. The van der Waals surface area contributed by atoms with E-state index in [0.717, 1.165) is 6.42 Å². The molecule has 2 nitrogen and oxygen atoms in total. The molecule has 4 heteroatoms. The molecule has 0 saturated carbocycles. The van der Waals surface area contributed by atoms with E-state index in [9.17, 15) is 0 Å². The number of hydrogen-bond donors (Lipinski definition) is 2. The summed E-state index contributed by atoms with van der Waals surface area (Å²) in [5.41, 5.74) is 0. The van der Waals surface area contributed by atoms with Crippen LogP contribution < -0.4 is 4.72 Å². The van der Waals surface area contributed by atoms with E-state index in [1.54, 1.807) is 6.08 Å². The number of aliphatic hydroxyl groups is 1. The first-order valence-corrected chi connectivity index (χ1v) is 7.96. The monoisotopic (exact) mass is 319 g/mol. The first-order valence-electron chi connectivity index (χ1n) is 4.60. The molecule has 0 saturated heterocycles.